The van der Waals surface area contributed by atoms with Crippen LogP contribution in [0.5, 0.6) is 5.75 Å². The number of hydrogen-bond donors (Lipinski definition) is 3. The highest BCUT2D eigenvalue weighted by Crippen LogP contribution is 2.34. The molecule has 1 aliphatic rings. The summed E-state index contributed by atoms with van der Waals surface area (Å²) in [6.45, 7) is 0.796. The number of nitrogen functional groups attached to an aromatic ring is 1. The van der Waals surface area contributed by atoms with E-state index in [4.69, 9.17) is 15.9 Å². The van der Waals surface area contributed by atoms with Gasteiger partial charge in [0, 0.05) is 17.5 Å². The minimum atomic E-state index is -3.44. The predicted octanol–water partition coefficient (Wildman–Crippen LogP) is 5.12. The third-order valence-corrected chi connectivity index (χ3v) is 8.47. The normalized spacial score (nSPS) is 15.1. The van der Waals surface area contributed by atoms with Gasteiger partial charge in [0.25, 0.3) is 0 Å². The van der Waals surface area contributed by atoms with Crippen LogP contribution in [0.2, 0.25) is 0 Å². The van der Waals surface area contributed by atoms with E-state index in [1.54, 1.807) is 10.9 Å². The van der Waals surface area contributed by atoms with E-state index in [0.717, 1.165) is 46.9 Å². The molecule has 10 heteroatoms. The molecule has 5 rings (SSSR count). The highest BCUT2D eigenvalue weighted by Gasteiger charge is 2.23. The van der Waals surface area contributed by atoms with Gasteiger partial charge < -0.3 is 10.5 Å². The lowest BCUT2D eigenvalue weighted by atomic mass is 9.83. The zero-order valence-corrected chi connectivity index (χ0v) is 22.6. The summed E-state index contributed by atoms with van der Waals surface area (Å²) in [5.41, 5.74) is 12.0. The van der Waals surface area contributed by atoms with Crippen molar-refractivity contribution >= 4 is 50.4 Å². The minimum Gasteiger partial charge on any atom is -0.489 e. The molecule has 1 unspecified atom stereocenters. The van der Waals surface area contributed by atoms with Gasteiger partial charge in [-0.25, -0.2) is 18.1 Å². The van der Waals surface area contributed by atoms with Gasteiger partial charge in [0.15, 0.2) is 0 Å². The molecule has 0 fully saturated rings. The molecule has 7 nitrogen and oxygen atoms in total. The van der Waals surface area contributed by atoms with Crippen LogP contribution in [0.25, 0.3) is 10.8 Å². The van der Waals surface area contributed by atoms with Gasteiger partial charge in [-0.3, -0.25) is 5.41 Å². The minimum absolute atomic E-state index is 0. The largest absolute Gasteiger partial charge is 0.489 e. The van der Waals surface area contributed by atoms with E-state index in [2.05, 4.69) is 27.9 Å². The van der Waals surface area contributed by atoms with Crippen molar-refractivity contribution in [1.82, 2.24) is 9.71 Å². The molecule has 1 aliphatic carbocycles. The fraction of sp³-hybridized carbons (Fsp3) is 0.259. The monoisotopic (exact) mass is 556 g/mol. The lowest BCUT2D eigenvalue weighted by Crippen LogP contribution is -2.31. The lowest BCUT2D eigenvalue weighted by Gasteiger charge is -2.26. The lowest BCUT2D eigenvalue weighted by molar-refractivity contribution is 0.305. The molecular formula is C27H29ClN4O3S2. The molecule has 0 saturated heterocycles. The first-order valence-electron chi connectivity index (χ1n) is 11.8. The maximum absolute atomic E-state index is 12.5. The zero-order valence-electron chi connectivity index (χ0n) is 20.1. The van der Waals surface area contributed by atoms with Crippen molar-refractivity contribution < 1.29 is 13.2 Å². The fourth-order valence-corrected chi connectivity index (χ4v) is 6.45. The first-order chi connectivity index (χ1) is 17.4. The van der Waals surface area contributed by atoms with Crippen molar-refractivity contribution in [2.45, 2.75) is 37.5 Å². The topological polar surface area (TPSA) is 118 Å². The zero-order chi connectivity index (χ0) is 25.1. The third kappa shape index (κ3) is 6.67. The molecule has 1 atom stereocenters. The van der Waals surface area contributed by atoms with Crippen molar-refractivity contribution in [2.24, 2.45) is 5.73 Å². The standard InChI is InChI=1S/C27H28N4O3S2.ClH/c28-27(29)22-7-6-20-10-18(4-5-21(20)11-22)14-34-25-9-8-19-2-1-3-23(26(19)12-25)13-31-36(32,33)16-24-15-35-17-30-24;/h4-12,15,17,23,31H,1-3,13-14,16H2,(H3,28,29);1H. The molecular weight excluding hydrogens is 528 g/mol. The summed E-state index contributed by atoms with van der Waals surface area (Å²) in [6.07, 6.45) is 2.96. The Morgan fingerprint density at radius 3 is 2.73 bits per heavy atom. The Kier molecular flexibility index (Phi) is 8.49. The molecule has 4 aromatic rings. The number of rotatable bonds is 9. The van der Waals surface area contributed by atoms with Crippen LogP contribution >= 0.6 is 23.7 Å². The summed E-state index contributed by atoms with van der Waals surface area (Å²) in [7, 11) is -3.44. The molecule has 0 saturated carbocycles. The number of halogens is 1. The third-order valence-electron chi connectivity index (χ3n) is 6.55. The number of amidine groups is 1. The Labute approximate surface area is 227 Å². The van der Waals surface area contributed by atoms with E-state index in [0.29, 0.717) is 24.4 Å². The molecule has 4 N–H and O–H groups in total. The summed E-state index contributed by atoms with van der Waals surface area (Å²) < 4.78 is 34.0. The molecule has 0 bridgehead atoms. The number of aryl methyl sites for hydroxylation is 1. The summed E-state index contributed by atoms with van der Waals surface area (Å²) in [5, 5.41) is 11.5. The number of nitrogens with one attached hydrogen (secondary N) is 2. The Hall–Kier alpha value is -2.98. The van der Waals surface area contributed by atoms with Gasteiger partial charge in [-0.05, 0) is 76.9 Å². The van der Waals surface area contributed by atoms with Crippen LogP contribution in [-0.2, 0) is 28.8 Å². The van der Waals surface area contributed by atoms with Crippen LogP contribution in [0.15, 0.2) is 65.5 Å². The SMILES string of the molecule is Cl.N=C(N)c1ccc2cc(COc3ccc4c(c3)C(CNS(=O)(=O)Cc3cscn3)CCC4)ccc2c1. The Morgan fingerprint density at radius 2 is 1.95 bits per heavy atom. The maximum Gasteiger partial charge on any atom is 0.217 e. The second-order valence-corrected chi connectivity index (χ2v) is 11.7. The van der Waals surface area contributed by atoms with Gasteiger partial charge in [-0.1, -0.05) is 30.3 Å². The van der Waals surface area contributed by atoms with E-state index in [-0.39, 0.29) is 29.9 Å². The molecule has 194 valence electrons. The number of aromatic nitrogens is 1. The van der Waals surface area contributed by atoms with Crippen LogP contribution in [0.3, 0.4) is 0 Å². The average molecular weight is 557 g/mol. The predicted molar refractivity (Wildman–Crippen MR) is 151 cm³/mol. The van der Waals surface area contributed by atoms with E-state index in [9.17, 15) is 8.42 Å². The number of hydrogen-bond acceptors (Lipinski definition) is 6. The number of fused-ring (bicyclic) bond motifs is 2. The van der Waals surface area contributed by atoms with Gasteiger partial charge in [0.05, 0.1) is 11.2 Å². The number of sulfonamides is 1. The van der Waals surface area contributed by atoms with E-state index in [1.807, 2.05) is 36.4 Å². The smallest absolute Gasteiger partial charge is 0.217 e. The Bertz CT molecular complexity index is 1510. The summed E-state index contributed by atoms with van der Waals surface area (Å²) in [4.78, 5) is 4.09. The van der Waals surface area contributed by atoms with Crippen molar-refractivity contribution in [3.63, 3.8) is 0 Å². The van der Waals surface area contributed by atoms with Gasteiger partial charge in [-0.2, -0.15) is 0 Å². The molecule has 3 aromatic carbocycles. The van der Waals surface area contributed by atoms with E-state index < -0.39 is 10.0 Å². The maximum atomic E-state index is 12.5. The van der Waals surface area contributed by atoms with Gasteiger partial charge in [0.1, 0.15) is 23.9 Å². The highest BCUT2D eigenvalue weighted by atomic mass is 35.5. The number of thiazole rings is 1. The van der Waals surface area contributed by atoms with E-state index >= 15 is 0 Å². The van der Waals surface area contributed by atoms with Crippen LogP contribution < -0.4 is 15.2 Å². The van der Waals surface area contributed by atoms with Crippen molar-refractivity contribution in [3.05, 3.63) is 93.4 Å². The van der Waals surface area contributed by atoms with Crippen LogP contribution in [0.4, 0.5) is 0 Å². The summed E-state index contributed by atoms with van der Waals surface area (Å²) in [6, 6.07) is 18.0. The van der Waals surface area contributed by atoms with Crippen LogP contribution in [-0.4, -0.2) is 25.8 Å². The Morgan fingerprint density at radius 1 is 1.14 bits per heavy atom. The van der Waals surface area contributed by atoms with Crippen molar-refractivity contribution in [1.29, 1.82) is 5.41 Å². The first kappa shape index (κ1) is 27.1. The molecule has 1 aromatic heterocycles. The Balaban J connectivity index is 0.00000320. The number of nitrogens with zero attached hydrogens (tertiary/aromatic N) is 1. The van der Waals surface area contributed by atoms with Gasteiger partial charge >= 0.3 is 0 Å². The second-order valence-electron chi connectivity index (χ2n) is 9.14. The fourth-order valence-electron chi connectivity index (χ4n) is 4.68. The summed E-state index contributed by atoms with van der Waals surface area (Å²) in [5.74, 6) is 0.847. The number of ether oxygens (including phenoxy) is 1. The average Bonchev–Trinajstić information content (AvgIpc) is 3.38. The van der Waals surface area contributed by atoms with E-state index in [1.165, 1.54) is 16.9 Å². The van der Waals surface area contributed by atoms with Crippen LogP contribution in [0.1, 0.15) is 46.7 Å². The second kappa shape index (κ2) is 11.6. The van der Waals surface area contributed by atoms with Gasteiger partial charge in [0.2, 0.25) is 10.0 Å². The van der Waals surface area contributed by atoms with Gasteiger partial charge in [-0.15, -0.1) is 23.7 Å². The highest BCUT2D eigenvalue weighted by molar-refractivity contribution is 7.88. The molecule has 1 heterocycles. The molecule has 0 radical (unpaired) electrons. The number of benzene rings is 3. The van der Waals surface area contributed by atoms with Crippen molar-refractivity contribution in [3.8, 4) is 5.75 Å². The molecule has 37 heavy (non-hydrogen) atoms. The molecule has 0 aliphatic heterocycles. The molecule has 0 amide bonds. The summed E-state index contributed by atoms with van der Waals surface area (Å²) >= 11 is 1.39. The first-order valence-corrected chi connectivity index (χ1v) is 14.4. The molecule has 0 spiro atoms. The quantitative estimate of drug-likeness (QED) is 0.195. The van der Waals surface area contributed by atoms with Crippen LogP contribution in [0, 0.1) is 5.41 Å². The van der Waals surface area contributed by atoms with Crippen molar-refractivity contribution in [2.75, 3.05) is 6.54 Å². The number of nitrogens with two attached hydrogens (primary N) is 1.